The summed E-state index contributed by atoms with van der Waals surface area (Å²) in [5.41, 5.74) is -1.59. The van der Waals surface area contributed by atoms with E-state index in [1.54, 1.807) is 0 Å². The number of phenolic OH excluding ortho intramolecular Hbond substituents is 1. The Bertz CT molecular complexity index is 1110. The smallest absolute Gasteiger partial charge is 0.419 e. The molecule has 33 heavy (non-hydrogen) atoms. The Hall–Kier alpha value is -1.79. The molecule has 1 aliphatic carbocycles. The molecule has 182 valence electrons. The molecule has 2 aromatic rings. The Balaban J connectivity index is 1.69. The van der Waals surface area contributed by atoms with E-state index >= 15 is 0 Å². The topological polar surface area (TPSA) is 66.4 Å². The zero-order valence-electron chi connectivity index (χ0n) is 16.7. The molecule has 0 unspecified atom stereocenters. The molecule has 1 saturated carbocycles. The first kappa shape index (κ1) is 25.8. The minimum Gasteiger partial charge on any atom is -0.507 e. The Morgan fingerprint density at radius 1 is 0.970 bits per heavy atom. The lowest BCUT2D eigenvalue weighted by atomic mass is 9.88. The lowest BCUT2D eigenvalue weighted by Crippen LogP contribution is -2.28. The highest BCUT2D eigenvalue weighted by Crippen LogP contribution is 2.44. The van der Waals surface area contributed by atoms with Crippen molar-refractivity contribution >= 4 is 39.1 Å². The summed E-state index contributed by atoms with van der Waals surface area (Å²) in [7, 11) is -4.24. The van der Waals surface area contributed by atoms with E-state index in [-0.39, 0.29) is 33.7 Å². The van der Waals surface area contributed by atoms with Gasteiger partial charge in [0.05, 0.1) is 27.1 Å². The summed E-state index contributed by atoms with van der Waals surface area (Å²) in [5.74, 6) is -2.44. The van der Waals surface area contributed by atoms with Crippen molar-refractivity contribution in [1.82, 2.24) is 0 Å². The van der Waals surface area contributed by atoms with Crippen LogP contribution in [0.25, 0.3) is 0 Å². The van der Waals surface area contributed by atoms with Gasteiger partial charge in [0, 0.05) is 16.2 Å². The first-order valence-electron chi connectivity index (χ1n) is 9.63. The highest BCUT2D eigenvalue weighted by molar-refractivity contribution is 8.00. The molecule has 0 aromatic heterocycles. The Morgan fingerprint density at radius 2 is 1.61 bits per heavy atom. The maximum Gasteiger partial charge on any atom is 0.419 e. The molecule has 1 aliphatic rings. The Labute approximate surface area is 195 Å². The number of sulfonamides is 1. The number of anilines is 1. The van der Waals surface area contributed by atoms with Gasteiger partial charge in [-0.15, -0.1) is 11.8 Å². The van der Waals surface area contributed by atoms with Crippen molar-refractivity contribution in [3.8, 4) is 5.75 Å². The minimum absolute atomic E-state index is 0.0230. The predicted octanol–water partition coefficient (Wildman–Crippen LogP) is 7.08. The Morgan fingerprint density at radius 3 is 2.12 bits per heavy atom. The molecule has 0 amide bonds. The molecule has 13 heteroatoms. The van der Waals surface area contributed by atoms with Crippen LogP contribution in [0.2, 0.25) is 5.02 Å². The highest BCUT2D eigenvalue weighted by atomic mass is 35.5. The summed E-state index contributed by atoms with van der Waals surface area (Å²) in [4.78, 5) is 0.246. The van der Waals surface area contributed by atoms with Crippen LogP contribution in [0.15, 0.2) is 46.2 Å². The maximum atomic E-state index is 12.8. The fraction of sp³-hybridized carbons (Fsp3) is 0.400. The average Bonchev–Trinajstić information content (AvgIpc) is 2.68. The van der Waals surface area contributed by atoms with E-state index in [1.807, 2.05) is 0 Å². The number of benzene rings is 2. The second-order valence-electron chi connectivity index (χ2n) is 7.56. The van der Waals surface area contributed by atoms with Crippen molar-refractivity contribution in [3.63, 3.8) is 0 Å². The van der Waals surface area contributed by atoms with Crippen molar-refractivity contribution in [3.05, 3.63) is 47.0 Å². The number of nitrogens with one attached hydrogen (secondary N) is 1. The molecule has 4 nitrogen and oxygen atoms in total. The van der Waals surface area contributed by atoms with Gasteiger partial charge >= 0.3 is 12.4 Å². The number of thioether (sulfide) groups is 1. The lowest BCUT2D eigenvalue weighted by Gasteiger charge is -2.29. The van der Waals surface area contributed by atoms with Crippen LogP contribution in [-0.2, 0) is 16.2 Å². The summed E-state index contributed by atoms with van der Waals surface area (Å²) in [6.45, 7) is 0. The van der Waals surface area contributed by atoms with Crippen molar-refractivity contribution in [2.24, 2.45) is 5.92 Å². The van der Waals surface area contributed by atoms with Crippen LogP contribution in [0.1, 0.15) is 31.2 Å². The molecule has 0 heterocycles. The van der Waals surface area contributed by atoms with E-state index in [9.17, 15) is 39.9 Å². The fourth-order valence-corrected chi connectivity index (χ4v) is 6.12. The van der Waals surface area contributed by atoms with Crippen molar-refractivity contribution in [1.29, 1.82) is 0 Å². The number of hydrogen-bond acceptors (Lipinski definition) is 4. The second kappa shape index (κ2) is 9.46. The number of rotatable bonds is 5. The number of aromatic hydroxyl groups is 1. The summed E-state index contributed by atoms with van der Waals surface area (Å²) >= 11 is 7.48. The first-order chi connectivity index (χ1) is 15.2. The second-order valence-corrected chi connectivity index (χ2v) is 11.0. The molecule has 0 atom stereocenters. The van der Waals surface area contributed by atoms with Gasteiger partial charge in [0.25, 0.3) is 10.0 Å². The van der Waals surface area contributed by atoms with E-state index in [2.05, 4.69) is 4.72 Å². The summed E-state index contributed by atoms with van der Waals surface area (Å²) < 4.78 is 104. The van der Waals surface area contributed by atoms with Gasteiger partial charge in [0.15, 0.2) is 0 Å². The number of alkyl halides is 6. The van der Waals surface area contributed by atoms with Crippen LogP contribution in [0, 0.1) is 5.92 Å². The summed E-state index contributed by atoms with van der Waals surface area (Å²) in [5, 5.41) is 9.54. The molecule has 3 rings (SSSR count). The van der Waals surface area contributed by atoms with E-state index in [1.165, 1.54) is 23.9 Å². The van der Waals surface area contributed by atoms with Gasteiger partial charge in [0.1, 0.15) is 5.75 Å². The molecule has 1 fully saturated rings. The molecule has 2 N–H and O–H groups in total. The third-order valence-electron chi connectivity index (χ3n) is 5.20. The number of halogens is 7. The van der Waals surface area contributed by atoms with Crippen LogP contribution >= 0.6 is 23.4 Å². The lowest BCUT2D eigenvalue weighted by molar-refractivity contribution is -0.181. The van der Waals surface area contributed by atoms with E-state index in [0.29, 0.717) is 29.9 Å². The van der Waals surface area contributed by atoms with E-state index in [4.69, 9.17) is 11.6 Å². The summed E-state index contributed by atoms with van der Waals surface area (Å²) in [6, 6.07) is 5.88. The Kier molecular flexibility index (Phi) is 7.40. The highest BCUT2D eigenvalue weighted by Gasteiger charge is 2.41. The van der Waals surface area contributed by atoms with E-state index in [0.717, 1.165) is 12.1 Å². The van der Waals surface area contributed by atoms with Crippen molar-refractivity contribution in [2.75, 3.05) is 4.72 Å². The van der Waals surface area contributed by atoms with Gasteiger partial charge < -0.3 is 5.11 Å². The number of phenols is 1. The number of hydrogen-bond donors (Lipinski definition) is 2. The van der Waals surface area contributed by atoms with Gasteiger partial charge in [-0.3, -0.25) is 4.72 Å². The normalized spacial score (nSPS) is 20.0. The van der Waals surface area contributed by atoms with Crippen molar-refractivity contribution < 1.29 is 39.9 Å². The maximum absolute atomic E-state index is 12.8. The zero-order valence-corrected chi connectivity index (χ0v) is 19.1. The molecule has 0 aliphatic heterocycles. The predicted molar refractivity (Wildman–Crippen MR) is 113 cm³/mol. The van der Waals surface area contributed by atoms with Gasteiger partial charge in [-0.25, -0.2) is 8.42 Å². The van der Waals surface area contributed by atoms with Crippen LogP contribution < -0.4 is 4.72 Å². The van der Waals surface area contributed by atoms with Crippen molar-refractivity contribution in [2.45, 2.75) is 53.1 Å². The molecular formula is C20H18ClF6NO3S2. The van der Waals surface area contributed by atoms with E-state index < -0.39 is 39.6 Å². The van der Waals surface area contributed by atoms with Gasteiger partial charge in [-0.05, 0) is 56.0 Å². The quantitative estimate of drug-likeness (QED) is 0.403. The standard InChI is InChI=1S/C20H18ClF6NO3S2/c21-16-10-14(6-8-18(16)32-13-4-1-11(2-5-13)19(22,23)24)33(30,31)28-12-3-7-15(17(29)9-12)20(25,26)27/h3,6-11,13,28-29H,1-2,4-5H2. The molecular weight excluding hydrogens is 516 g/mol. The van der Waals surface area contributed by atoms with Gasteiger partial charge in [-0.1, -0.05) is 11.6 Å². The largest absolute Gasteiger partial charge is 0.507 e. The van der Waals surface area contributed by atoms with Gasteiger partial charge in [0.2, 0.25) is 0 Å². The average molecular weight is 534 g/mol. The fourth-order valence-electron chi connectivity index (χ4n) is 3.48. The van der Waals surface area contributed by atoms with Crippen LogP contribution in [0.3, 0.4) is 0 Å². The molecule has 0 saturated heterocycles. The molecule has 2 aromatic carbocycles. The zero-order chi connectivity index (χ0) is 24.6. The molecule has 0 spiro atoms. The molecule has 0 bridgehead atoms. The van der Waals surface area contributed by atoms with Crippen LogP contribution in [-0.4, -0.2) is 25.0 Å². The molecule has 0 radical (unpaired) electrons. The summed E-state index contributed by atoms with van der Waals surface area (Å²) in [6.07, 6.45) is -8.26. The third kappa shape index (κ3) is 6.42. The SMILES string of the molecule is O=S(=O)(Nc1ccc(C(F)(F)F)c(O)c1)c1ccc(SC2CCC(C(F)(F)F)CC2)c(Cl)c1. The van der Waals surface area contributed by atoms with Crippen LogP contribution in [0.5, 0.6) is 5.75 Å². The third-order valence-corrected chi connectivity index (χ3v) is 8.42. The van der Waals surface area contributed by atoms with Crippen LogP contribution in [0.4, 0.5) is 32.0 Å². The monoisotopic (exact) mass is 533 g/mol. The minimum atomic E-state index is -4.80. The van der Waals surface area contributed by atoms with Gasteiger partial charge in [-0.2, -0.15) is 26.3 Å². The first-order valence-corrected chi connectivity index (χ1v) is 12.4.